The zero-order chi connectivity index (χ0) is 29.2. The fraction of sp³-hybridized carbons (Fsp3) is 0.794. The van der Waals surface area contributed by atoms with Gasteiger partial charge >= 0.3 is 5.97 Å². The molecule has 0 spiro atoms. The lowest BCUT2D eigenvalue weighted by Crippen LogP contribution is -2.53. The number of nitrogens with zero attached hydrogens (tertiary/aromatic N) is 2. The smallest absolute Gasteiger partial charge is 0.360 e. The molecular weight excluding hydrogens is 516 g/mol. The maximum atomic E-state index is 12.9. The quantitative estimate of drug-likeness (QED) is 0.295. The Morgan fingerprint density at radius 1 is 1.12 bits per heavy atom. The van der Waals surface area contributed by atoms with Gasteiger partial charge in [0.05, 0.1) is 19.8 Å². The molecule has 3 fully saturated rings. The largest absolute Gasteiger partial charge is 0.461 e. The van der Waals surface area contributed by atoms with Crippen molar-refractivity contribution in [3.8, 4) is 0 Å². The van der Waals surface area contributed by atoms with Crippen LogP contribution in [0, 0.1) is 40.4 Å². The first-order valence-corrected chi connectivity index (χ1v) is 16.2. The van der Waals surface area contributed by atoms with E-state index in [2.05, 4.69) is 45.9 Å². The third-order valence-electron chi connectivity index (χ3n) is 12.4. The van der Waals surface area contributed by atoms with Gasteiger partial charge in [0.1, 0.15) is 5.76 Å². The fourth-order valence-corrected chi connectivity index (χ4v) is 10.6. The third-order valence-corrected chi connectivity index (χ3v) is 12.4. The van der Waals surface area contributed by atoms with E-state index in [1.165, 1.54) is 31.3 Å². The highest BCUT2D eigenvalue weighted by Crippen LogP contribution is 2.68. The number of allylic oxidation sites excluding steroid dienone is 2. The Morgan fingerprint density at radius 2 is 1.88 bits per heavy atom. The molecule has 5 aliphatic rings. The molecule has 0 aromatic carbocycles. The molecule has 1 aromatic heterocycles. The van der Waals surface area contributed by atoms with Crippen LogP contribution < -0.4 is 0 Å². The van der Waals surface area contributed by atoms with Crippen molar-refractivity contribution in [3.05, 3.63) is 28.7 Å². The van der Waals surface area contributed by atoms with E-state index >= 15 is 0 Å². The monoisotopic (exact) mass is 566 g/mol. The van der Waals surface area contributed by atoms with Crippen LogP contribution in [0.1, 0.15) is 108 Å². The van der Waals surface area contributed by atoms with Crippen LogP contribution in [0.5, 0.6) is 0 Å². The van der Waals surface area contributed by atoms with Gasteiger partial charge in [0, 0.05) is 30.5 Å². The van der Waals surface area contributed by atoms with Gasteiger partial charge in [-0.05, 0) is 106 Å². The molecule has 1 aliphatic heterocycles. The van der Waals surface area contributed by atoms with E-state index in [0.717, 1.165) is 43.7 Å². The van der Waals surface area contributed by atoms with Crippen LogP contribution in [-0.4, -0.2) is 54.8 Å². The molecule has 7 atom stereocenters. The highest BCUT2D eigenvalue weighted by molar-refractivity contribution is 5.89. The zero-order valence-electron chi connectivity index (χ0n) is 26.1. The Bertz CT molecular complexity index is 1210. The number of carbonyl (C=O) groups is 2. The molecule has 7 nitrogen and oxygen atoms in total. The molecule has 0 unspecified atom stereocenters. The topological polar surface area (TPSA) is 81.9 Å². The van der Waals surface area contributed by atoms with Crippen LogP contribution in [0.2, 0.25) is 0 Å². The molecule has 0 bridgehead atoms. The third kappa shape index (κ3) is 4.51. The average molecular weight is 567 g/mol. The zero-order valence-corrected chi connectivity index (χ0v) is 26.1. The van der Waals surface area contributed by atoms with E-state index in [9.17, 15) is 9.59 Å². The Balaban J connectivity index is 1.21. The number of aromatic nitrogens is 1. The lowest BCUT2D eigenvalue weighted by molar-refractivity contribution is -0.135. The van der Waals surface area contributed by atoms with Crippen molar-refractivity contribution in [3.63, 3.8) is 0 Å². The van der Waals surface area contributed by atoms with E-state index in [-0.39, 0.29) is 16.8 Å². The predicted octanol–water partition coefficient (Wildman–Crippen LogP) is 6.36. The number of rotatable bonds is 6. The fourth-order valence-electron chi connectivity index (χ4n) is 10.6. The summed E-state index contributed by atoms with van der Waals surface area (Å²) in [6.45, 7) is 16.9. The number of carbonyl (C=O) groups excluding carboxylic acids is 2. The van der Waals surface area contributed by atoms with Gasteiger partial charge in [-0.2, -0.15) is 0 Å². The van der Waals surface area contributed by atoms with E-state index in [1.54, 1.807) is 0 Å². The van der Waals surface area contributed by atoms with Crippen molar-refractivity contribution in [2.24, 2.45) is 40.4 Å². The molecule has 6 rings (SSSR count). The summed E-state index contributed by atoms with van der Waals surface area (Å²) in [6.07, 6.45) is 11.1. The van der Waals surface area contributed by atoms with Crippen molar-refractivity contribution >= 4 is 11.9 Å². The first kappa shape index (κ1) is 28.9. The van der Waals surface area contributed by atoms with Gasteiger partial charge in [-0.25, -0.2) is 4.79 Å². The Labute approximate surface area is 245 Å². The molecule has 4 aliphatic carbocycles. The SMILES string of the molecule is CCOC(=O)c1noc2c1C[C@@]1(C)C(=CC[C@H]3[C@@H]4CC[C@H]([C@H](C)CCC(=O)N5CCOCC5)[C@@]4(C)CC[C@@H]31)C2(C)C. The van der Waals surface area contributed by atoms with Gasteiger partial charge in [-0.1, -0.05) is 37.6 Å². The summed E-state index contributed by atoms with van der Waals surface area (Å²) in [5.74, 6) is 3.93. The van der Waals surface area contributed by atoms with E-state index in [0.29, 0.717) is 72.8 Å². The number of hydrogen-bond donors (Lipinski definition) is 0. The normalized spacial score (nSPS) is 36.3. The molecule has 0 N–H and O–H groups in total. The summed E-state index contributed by atoms with van der Waals surface area (Å²) >= 11 is 0. The molecule has 2 heterocycles. The standard InChI is InChI=1S/C34H50N2O5/c1-7-40-31(38)29-23-20-34(6)26-14-15-33(5)24(21(2)8-13-28(37)36-16-18-39-19-17-36)10-11-25(33)22(26)9-12-27(34)32(3,4)30(23)41-35-29/h12,21-22,24-26H,7-11,13-20H2,1-6H3/t21-,22+,24-,25+,26+,33-,34-/m1/s1. The van der Waals surface area contributed by atoms with E-state index in [4.69, 9.17) is 14.0 Å². The van der Waals surface area contributed by atoms with Crippen molar-refractivity contribution in [2.45, 2.75) is 98.3 Å². The van der Waals surface area contributed by atoms with Crippen molar-refractivity contribution in [1.29, 1.82) is 0 Å². The van der Waals surface area contributed by atoms with Gasteiger partial charge in [0.2, 0.25) is 5.91 Å². The Kier molecular flexibility index (Phi) is 7.44. The molecule has 7 heteroatoms. The number of amides is 1. The predicted molar refractivity (Wildman–Crippen MR) is 156 cm³/mol. The van der Waals surface area contributed by atoms with Gasteiger partial charge < -0.3 is 18.9 Å². The maximum Gasteiger partial charge on any atom is 0.360 e. The van der Waals surface area contributed by atoms with Crippen molar-refractivity contribution < 1.29 is 23.6 Å². The highest BCUT2D eigenvalue weighted by atomic mass is 16.5. The summed E-state index contributed by atoms with van der Waals surface area (Å²) < 4.78 is 16.7. The molecule has 226 valence electrons. The maximum absolute atomic E-state index is 12.9. The van der Waals surface area contributed by atoms with Gasteiger partial charge in [0.15, 0.2) is 5.69 Å². The molecule has 1 saturated heterocycles. The van der Waals surface area contributed by atoms with Gasteiger partial charge in [0.25, 0.3) is 0 Å². The van der Waals surface area contributed by atoms with Gasteiger partial charge in [-0.15, -0.1) is 0 Å². The molecule has 2 saturated carbocycles. The summed E-state index contributed by atoms with van der Waals surface area (Å²) in [5, 5.41) is 4.25. The summed E-state index contributed by atoms with van der Waals surface area (Å²) in [4.78, 5) is 27.7. The van der Waals surface area contributed by atoms with E-state index in [1.807, 2.05) is 11.8 Å². The number of fused-ring (bicyclic) bond motifs is 6. The number of ether oxygens (including phenoxy) is 2. The first-order chi connectivity index (χ1) is 19.5. The highest BCUT2D eigenvalue weighted by Gasteiger charge is 2.62. The minimum atomic E-state index is -0.368. The second-order valence-electron chi connectivity index (χ2n) is 14.7. The second-order valence-corrected chi connectivity index (χ2v) is 14.7. The molecule has 41 heavy (non-hydrogen) atoms. The van der Waals surface area contributed by atoms with E-state index < -0.39 is 0 Å². The number of morpholine rings is 1. The molecule has 1 aromatic rings. The minimum Gasteiger partial charge on any atom is -0.461 e. The van der Waals surface area contributed by atoms with Crippen LogP contribution in [-0.2, 0) is 26.1 Å². The Hall–Kier alpha value is -2.15. The summed E-state index contributed by atoms with van der Waals surface area (Å²) in [6, 6.07) is 0. The molecule has 1 amide bonds. The molecule has 0 radical (unpaired) electrons. The lowest BCUT2D eigenvalue weighted by Gasteiger charge is -2.59. The molecular formula is C34H50N2O5. The average Bonchev–Trinajstić information content (AvgIpc) is 3.53. The number of hydrogen-bond acceptors (Lipinski definition) is 6. The lowest BCUT2D eigenvalue weighted by atomic mass is 9.44. The van der Waals surface area contributed by atoms with Gasteiger partial charge in [-0.3, -0.25) is 4.79 Å². The minimum absolute atomic E-state index is 0.0260. The van der Waals surface area contributed by atoms with Crippen molar-refractivity contribution in [2.75, 3.05) is 32.9 Å². The number of esters is 1. The van der Waals surface area contributed by atoms with Crippen LogP contribution in [0.25, 0.3) is 0 Å². The van der Waals surface area contributed by atoms with Crippen LogP contribution >= 0.6 is 0 Å². The van der Waals surface area contributed by atoms with Crippen LogP contribution in [0.4, 0.5) is 0 Å². The Morgan fingerprint density at radius 3 is 2.61 bits per heavy atom. The first-order valence-electron chi connectivity index (χ1n) is 16.2. The second kappa shape index (κ2) is 10.5. The van der Waals surface area contributed by atoms with Crippen LogP contribution in [0.3, 0.4) is 0 Å². The summed E-state index contributed by atoms with van der Waals surface area (Å²) in [5.41, 5.74) is 2.81. The van der Waals surface area contributed by atoms with Crippen LogP contribution in [0.15, 0.2) is 16.2 Å². The van der Waals surface area contributed by atoms with Crippen molar-refractivity contribution in [1.82, 2.24) is 10.1 Å². The summed E-state index contributed by atoms with van der Waals surface area (Å²) in [7, 11) is 0.